The summed E-state index contributed by atoms with van der Waals surface area (Å²) in [6, 6.07) is 15.9. The van der Waals surface area contributed by atoms with Crippen molar-refractivity contribution in [2.45, 2.75) is 50.3 Å². The zero-order valence-electron chi connectivity index (χ0n) is 18.9. The molecule has 3 fully saturated rings. The van der Waals surface area contributed by atoms with Crippen LogP contribution < -0.4 is 14.8 Å². The summed E-state index contributed by atoms with van der Waals surface area (Å²) in [5.74, 6) is 2.35. The minimum absolute atomic E-state index is 0.0188. The molecular weight excluding hydrogens is 416 g/mol. The lowest BCUT2D eigenvalue weighted by Crippen LogP contribution is -2.51. The minimum atomic E-state index is -1.44. The second-order valence-electron chi connectivity index (χ2n) is 10.2. The van der Waals surface area contributed by atoms with Gasteiger partial charge in [0.15, 0.2) is 17.1 Å². The molecule has 2 N–H and O–H groups in total. The molecule has 2 aliphatic heterocycles. The predicted octanol–water partition coefficient (Wildman–Crippen LogP) is 3.43. The van der Waals surface area contributed by atoms with Gasteiger partial charge in [0, 0.05) is 31.6 Å². The summed E-state index contributed by atoms with van der Waals surface area (Å²) in [5.41, 5.74) is 0.506. The van der Waals surface area contributed by atoms with Crippen LogP contribution in [0.2, 0.25) is 0 Å². The third kappa shape index (κ3) is 3.79. The molecule has 4 aliphatic rings. The zero-order chi connectivity index (χ0) is 22.4. The lowest BCUT2D eigenvalue weighted by atomic mass is 9.73. The Morgan fingerprint density at radius 2 is 1.73 bits per heavy atom. The largest absolute Gasteiger partial charge is 0.454 e. The van der Waals surface area contributed by atoms with E-state index in [9.17, 15) is 9.90 Å². The topological polar surface area (TPSA) is 71.0 Å². The van der Waals surface area contributed by atoms with Crippen molar-refractivity contribution in [1.82, 2.24) is 10.2 Å². The molecule has 6 rings (SSSR count). The van der Waals surface area contributed by atoms with E-state index in [0.717, 1.165) is 62.4 Å². The Morgan fingerprint density at radius 3 is 2.48 bits per heavy atom. The van der Waals surface area contributed by atoms with E-state index in [1.807, 2.05) is 36.4 Å². The van der Waals surface area contributed by atoms with E-state index in [4.69, 9.17) is 9.47 Å². The van der Waals surface area contributed by atoms with E-state index in [1.54, 1.807) is 0 Å². The average molecular weight is 449 g/mol. The Balaban J connectivity index is 1.10. The smallest absolute Gasteiger partial charge is 0.257 e. The summed E-state index contributed by atoms with van der Waals surface area (Å²) in [5, 5.41) is 15.1. The first-order chi connectivity index (χ1) is 16.1. The quantitative estimate of drug-likeness (QED) is 0.709. The van der Waals surface area contributed by atoms with Gasteiger partial charge in [0.2, 0.25) is 6.79 Å². The van der Waals surface area contributed by atoms with Crippen LogP contribution in [0, 0.1) is 17.8 Å². The van der Waals surface area contributed by atoms with Gasteiger partial charge in [-0.15, -0.1) is 0 Å². The number of hydrogen-bond acceptors (Lipinski definition) is 5. The van der Waals surface area contributed by atoms with Crippen molar-refractivity contribution in [1.29, 1.82) is 0 Å². The summed E-state index contributed by atoms with van der Waals surface area (Å²) >= 11 is 0. The van der Waals surface area contributed by atoms with Crippen LogP contribution in [0.1, 0.15) is 43.2 Å². The van der Waals surface area contributed by atoms with Crippen molar-refractivity contribution >= 4 is 5.91 Å². The Labute approximate surface area is 194 Å². The van der Waals surface area contributed by atoms with Gasteiger partial charge in [-0.05, 0) is 47.9 Å². The number of aliphatic hydroxyl groups is 1. The van der Waals surface area contributed by atoms with E-state index in [2.05, 4.69) is 22.3 Å². The molecule has 1 saturated heterocycles. The van der Waals surface area contributed by atoms with Crippen LogP contribution in [0.15, 0.2) is 48.5 Å². The maximum Gasteiger partial charge on any atom is 0.257 e. The molecule has 2 aliphatic carbocycles. The molecule has 33 heavy (non-hydrogen) atoms. The van der Waals surface area contributed by atoms with Crippen LogP contribution in [-0.2, 0) is 16.9 Å². The summed E-state index contributed by atoms with van der Waals surface area (Å²) in [6.45, 7) is 3.11. The molecule has 0 bridgehead atoms. The molecule has 0 aromatic heterocycles. The molecule has 2 heterocycles. The molecule has 0 spiro atoms. The number of nitrogens with zero attached hydrogens (tertiary/aromatic N) is 1. The normalized spacial score (nSPS) is 28.2. The van der Waals surface area contributed by atoms with Crippen LogP contribution in [0.4, 0.5) is 0 Å². The molecule has 3 atom stereocenters. The SMILES string of the molecule is O=C(NC1C2CN(Cc3ccc4c(c3)OCO4)CC21)C(O)(c1ccccc1)C1CCCCC1. The molecule has 2 saturated carbocycles. The zero-order valence-corrected chi connectivity index (χ0v) is 18.9. The maximum absolute atomic E-state index is 13.5. The summed E-state index contributed by atoms with van der Waals surface area (Å²) in [4.78, 5) is 16.0. The van der Waals surface area contributed by atoms with Crippen molar-refractivity contribution in [3.63, 3.8) is 0 Å². The third-order valence-electron chi connectivity index (χ3n) is 8.17. The molecule has 2 aromatic rings. The maximum atomic E-state index is 13.5. The van der Waals surface area contributed by atoms with Crippen LogP contribution in [0.3, 0.4) is 0 Å². The van der Waals surface area contributed by atoms with Gasteiger partial charge in [-0.25, -0.2) is 0 Å². The lowest BCUT2D eigenvalue weighted by Gasteiger charge is -2.38. The van der Waals surface area contributed by atoms with Gasteiger partial charge >= 0.3 is 0 Å². The number of carbonyl (C=O) groups excluding carboxylic acids is 1. The molecular formula is C27H32N2O4. The predicted molar refractivity (Wildman–Crippen MR) is 124 cm³/mol. The van der Waals surface area contributed by atoms with Gasteiger partial charge in [0.05, 0.1) is 0 Å². The number of fused-ring (bicyclic) bond motifs is 2. The minimum Gasteiger partial charge on any atom is -0.454 e. The highest BCUT2D eigenvalue weighted by molar-refractivity contribution is 5.87. The van der Waals surface area contributed by atoms with Crippen LogP contribution >= 0.6 is 0 Å². The first-order valence-electron chi connectivity index (χ1n) is 12.3. The summed E-state index contributed by atoms with van der Waals surface area (Å²) in [7, 11) is 0. The van der Waals surface area contributed by atoms with E-state index in [0.29, 0.717) is 18.6 Å². The Morgan fingerprint density at radius 1 is 1.00 bits per heavy atom. The standard InChI is InChI=1S/C27H32N2O4/c30-26(27(31,19-7-3-1-4-8-19)20-9-5-2-6-10-20)28-25-21-15-29(16-22(21)25)14-18-11-12-23-24(13-18)33-17-32-23/h1,3-4,7-8,11-13,20-22,25,31H,2,5-6,9-10,14-17H2,(H,28,30). The van der Waals surface area contributed by atoms with Gasteiger partial charge in [-0.2, -0.15) is 0 Å². The van der Waals surface area contributed by atoms with E-state index in [-0.39, 0.29) is 17.9 Å². The molecule has 2 aromatic carbocycles. The van der Waals surface area contributed by atoms with Crippen molar-refractivity contribution in [2.75, 3.05) is 19.9 Å². The fourth-order valence-corrected chi connectivity index (χ4v) is 6.28. The molecule has 6 nitrogen and oxygen atoms in total. The fourth-order valence-electron chi connectivity index (χ4n) is 6.28. The van der Waals surface area contributed by atoms with Crippen molar-refractivity contribution in [3.05, 3.63) is 59.7 Å². The first kappa shape index (κ1) is 21.0. The molecule has 174 valence electrons. The second-order valence-corrected chi connectivity index (χ2v) is 10.2. The lowest BCUT2D eigenvalue weighted by molar-refractivity contribution is -0.149. The number of benzene rings is 2. The van der Waals surface area contributed by atoms with Crippen LogP contribution in [0.25, 0.3) is 0 Å². The second kappa shape index (κ2) is 8.33. The Kier molecular flexibility index (Phi) is 5.30. The van der Waals surface area contributed by atoms with Gasteiger partial charge in [0.1, 0.15) is 0 Å². The Hall–Kier alpha value is -2.57. The summed E-state index contributed by atoms with van der Waals surface area (Å²) in [6.07, 6.45) is 5.15. The van der Waals surface area contributed by atoms with E-state index in [1.165, 1.54) is 12.0 Å². The van der Waals surface area contributed by atoms with Crippen LogP contribution in [-0.4, -0.2) is 41.8 Å². The number of piperidine rings is 1. The number of nitrogens with one attached hydrogen (secondary N) is 1. The molecule has 3 unspecified atom stereocenters. The van der Waals surface area contributed by atoms with E-state index < -0.39 is 5.60 Å². The van der Waals surface area contributed by atoms with Gasteiger partial charge < -0.3 is 19.9 Å². The number of carbonyl (C=O) groups is 1. The number of rotatable bonds is 6. The molecule has 0 radical (unpaired) electrons. The third-order valence-corrected chi connectivity index (χ3v) is 8.17. The number of likely N-dealkylation sites (tertiary alicyclic amines) is 1. The first-order valence-corrected chi connectivity index (χ1v) is 12.3. The van der Waals surface area contributed by atoms with Gasteiger partial charge in [0.25, 0.3) is 5.91 Å². The highest BCUT2D eigenvalue weighted by Crippen LogP contribution is 2.47. The monoisotopic (exact) mass is 448 g/mol. The van der Waals surface area contributed by atoms with Gasteiger partial charge in [-0.3, -0.25) is 9.69 Å². The average Bonchev–Trinajstić information content (AvgIpc) is 3.21. The molecule has 6 heteroatoms. The highest BCUT2D eigenvalue weighted by Gasteiger charge is 2.58. The van der Waals surface area contributed by atoms with Crippen molar-refractivity contribution < 1.29 is 19.4 Å². The molecule has 1 amide bonds. The van der Waals surface area contributed by atoms with Crippen molar-refractivity contribution in [3.8, 4) is 11.5 Å². The van der Waals surface area contributed by atoms with Crippen molar-refractivity contribution in [2.24, 2.45) is 17.8 Å². The fraction of sp³-hybridized carbons (Fsp3) is 0.519. The van der Waals surface area contributed by atoms with Crippen LogP contribution in [0.5, 0.6) is 11.5 Å². The summed E-state index contributed by atoms with van der Waals surface area (Å²) < 4.78 is 10.9. The number of ether oxygens (including phenoxy) is 2. The number of hydrogen-bond donors (Lipinski definition) is 2. The highest BCUT2D eigenvalue weighted by atomic mass is 16.7. The Bertz CT molecular complexity index is 1010. The number of amides is 1. The van der Waals surface area contributed by atoms with Gasteiger partial charge in [-0.1, -0.05) is 55.7 Å². The van der Waals surface area contributed by atoms with E-state index >= 15 is 0 Å².